The van der Waals surface area contributed by atoms with Crippen LogP contribution in [0.5, 0.6) is 0 Å². The minimum Gasteiger partial charge on any atom is -0.299 e. The van der Waals surface area contributed by atoms with Gasteiger partial charge in [-0.05, 0) is 48.3 Å². The first kappa shape index (κ1) is 18.4. The minimum atomic E-state index is 0.249. The third kappa shape index (κ3) is 4.16. The first-order valence-electron chi connectivity index (χ1n) is 10.5. The summed E-state index contributed by atoms with van der Waals surface area (Å²) in [5.41, 5.74) is 3.91. The fourth-order valence-electron chi connectivity index (χ4n) is 4.96. The number of rotatable bonds is 6. The van der Waals surface area contributed by atoms with Crippen LogP contribution >= 0.6 is 0 Å². The number of piperidine rings is 1. The summed E-state index contributed by atoms with van der Waals surface area (Å²) in [6.45, 7) is 5.45. The molecular formula is C25H31NO. The highest BCUT2D eigenvalue weighted by atomic mass is 16.1. The lowest BCUT2D eigenvalue weighted by molar-refractivity contribution is -0.124. The van der Waals surface area contributed by atoms with E-state index in [4.69, 9.17) is 0 Å². The summed E-state index contributed by atoms with van der Waals surface area (Å²) in [5.74, 6) is 1.24. The summed E-state index contributed by atoms with van der Waals surface area (Å²) in [4.78, 5) is 15.6. The van der Waals surface area contributed by atoms with Crippen LogP contribution in [0.1, 0.15) is 62.1 Å². The van der Waals surface area contributed by atoms with Crippen LogP contribution in [0.4, 0.5) is 0 Å². The van der Waals surface area contributed by atoms with E-state index in [1.807, 2.05) is 0 Å². The number of nitrogens with zero attached hydrogens (tertiary/aromatic N) is 1. The Hall–Kier alpha value is -1.93. The lowest BCUT2D eigenvalue weighted by Gasteiger charge is -2.38. The van der Waals surface area contributed by atoms with Crippen LogP contribution in [0.2, 0.25) is 0 Å². The maximum Gasteiger partial charge on any atom is 0.140 e. The third-order valence-corrected chi connectivity index (χ3v) is 6.57. The second-order valence-electron chi connectivity index (χ2n) is 8.75. The quantitative estimate of drug-likeness (QED) is 0.690. The lowest BCUT2D eigenvalue weighted by atomic mass is 9.84. The Labute approximate surface area is 163 Å². The van der Waals surface area contributed by atoms with Crippen LogP contribution in [0.15, 0.2) is 54.6 Å². The van der Waals surface area contributed by atoms with E-state index in [1.165, 1.54) is 29.5 Å². The smallest absolute Gasteiger partial charge is 0.140 e. The van der Waals surface area contributed by atoms with Gasteiger partial charge in [0.2, 0.25) is 0 Å². The van der Waals surface area contributed by atoms with Crippen molar-refractivity contribution < 1.29 is 4.79 Å². The Morgan fingerprint density at radius 2 is 1.56 bits per heavy atom. The molecular weight excluding hydrogens is 330 g/mol. The Morgan fingerprint density at radius 1 is 0.926 bits per heavy atom. The van der Waals surface area contributed by atoms with Crippen LogP contribution < -0.4 is 0 Å². The van der Waals surface area contributed by atoms with Gasteiger partial charge in [0.1, 0.15) is 5.78 Å². The van der Waals surface area contributed by atoms with Gasteiger partial charge in [-0.15, -0.1) is 0 Å². The van der Waals surface area contributed by atoms with E-state index < -0.39 is 0 Å². The SMILES string of the molecule is CC(C)c1ccc(CC(=O)C2CC3CCC(C2)N3Cc2ccccc2)cc1. The highest BCUT2D eigenvalue weighted by molar-refractivity contribution is 5.83. The summed E-state index contributed by atoms with van der Waals surface area (Å²) in [6.07, 6.45) is 5.20. The predicted molar refractivity (Wildman–Crippen MR) is 111 cm³/mol. The standard InChI is InChI=1S/C25H31NO/c1-18(2)21-10-8-19(9-11-21)14-25(27)22-15-23-12-13-24(16-22)26(23)17-20-6-4-3-5-7-20/h3-11,18,22-24H,12-17H2,1-2H3. The fourth-order valence-corrected chi connectivity index (χ4v) is 4.96. The van der Waals surface area contributed by atoms with Gasteiger partial charge in [0.05, 0.1) is 0 Å². The van der Waals surface area contributed by atoms with Crippen LogP contribution in [0.3, 0.4) is 0 Å². The molecule has 2 heteroatoms. The van der Waals surface area contributed by atoms with Crippen molar-refractivity contribution in [2.75, 3.05) is 0 Å². The Morgan fingerprint density at radius 3 is 2.15 bits per heavy atom. The van der Waals surface area contributed by atoms with Crippen molar-refractivity contribution in [3.05, 3.63) is 71.3 Å². The zero-order valence-electron chi connectivity index (χ0n) is 16.6. The van der Waals surface area contributed by atoms with Gasteiger partial charge in [0.25, 0.3) is 0 Å². The highest BCUT2D eigenvalue weighted by Gasteiger charge is 2.42. The summed E-state index contributed by atoms with van der Waals surface area (Å²) in [6, 6.07) is 20.6. The van der Waals surface area contributed by atoms with Crippen LogP contribution in [-0.2, 0) is 17.8 Å². The molecule has 0 saturated carbocycles. The van der Waals surface area contributed by atoms with Gasteiger partial charge in [0, 0.05) is 31.0 Å². The lowest BCUT2D eigenvalue weighted by Crippen LogP contribution is -2.44. The monoisotopic (exact) mass is 361 g/mol. The number of carbonyl (C=O) groups is 1. The second-order valence-corrected chi connectivity index (χ2v) is 8.75. The maximum atomic E-state index is 13.0. The molecule has 2 bridgehead atoms. The molecule has 2 saturated heterocycles. The normalized spacial score (nSPS) is 25.1. The van der Waals surface area contributed by atoms with E-state index >= 15 is 0 Å². The Balaban J connectivity index is 1.37. The average Bonchev–Trinajstić information content (AvgIpc) is 2.90. The topological polar surface area (TPSA) is 20.3 Å². The molecule has 2 aromatic rings. The van der Waals surface area contributed by atoms with Crippen molar-refractivity contribution in [2.45, 2.75) is 70.5 Å². The second kappa shape index (κ2) is 7.98. The molecule has 27 heavy (non-hydrogen) atoms. The van der Waals surface area contributed by atoms with Gasteiger partial charge in [-0.1, -0.05) is 68.4 Å². The first-order valence-corrected chi connectivity index (χ1v) is 10.5. The number of ketones is 1. The number of hydrogen-bond donors (Lipinski definition) is 0. The van der Waals surface area contributed by atoms with Gasteiger partial charge < -0.3 is 0 Å². The maximum absolute atomic E-state index is 13.0. The predicted octanol–water partition coefficient (Wildman–Crippen LogP) is 5.36. The molecule has 2 nitrogen and oxygen atoms in total. The van der Waals surface area contributed by atoms with Crippen molar-refractivity contribution in [1.82, 2.24) is 4.90 Å². The van der Waals surface area contributed by atoms with Crippen LogP contribution in [-0.4, -0.2) is 22.8 Å². The number of Topliss-reactive ketones (excluding diaryl/α,β-unsaturated/α-hetero) is 1. The number of hydrogen-bond acceptors (Lipinski definition) is 2. The van der Waals surface area contributed by atoms with Gasteiger partial charge in [-0.2, -0.15) is 0 Å². The zero-order chi connectivity index (χ0) is 18.8. The molecule has 2 unspecified atom stereocenters. The highest BCUT2D eigenvalue weighted by Crippen LogP contribution is 2.40. The van der Waals surface area contributed by atoms with Crippen LogP contribution in [0, 0.1) is 5.92 Å². The fraction of sp³-hybridized carbons (Fsp3) is 0.480. The summed E-state index contributed by atoms with van der Waals surface area (Å²) >= 11 is 0. The molecule has 0 radical (unpaired) electrons. The Bertz CT molecular complexity index is 751. The number of fused-ring (bicyclic) bond motifs is 2. The van der Waals surface area contributed by atoms with Crippen molar-refractivity contribution >= 4 is 5.78 Å². The number of carbonyl (C=O) groups excluding carboxylic acids is 1. The van der Waals surface area contributed by atoms with Gasteiger partial charge in [0.15, 0.2) is 0 Å². The Kier molecular flexibility index (Phi) is 5.45. The van der Waals surface area contributed by atoms with E-state index in [9.17, 15) is 4.79 Å². The molecule has 0 aromatic heterocycles. The molecule has 0 spiro atoms. The molecule has 142 valence electrons. The molecule has 4 rings (SSSR count). The molecule has 2 atom stereocenters. The van der Waals surface area contributed by atoms with Crippen molar-refractivity contribution in [1.29, 1.82) is 0 Å². The van der Waals surface area contributed by atoms with E-state index in [1.54, 1.807) is 0 Å². The van der Waals surface area contributed by atoms with Crippen molar-refractivity contribution in [3.8, 4) is 0 Å². The largest absolute Gasteiger partial charge is 0.299 e. The summed E-state index contributed by atoms with van der Waals surface area (Å²) in [5, 5.41) is 0. The third-order valence-electron chi connectivity index (χ3n) is 6.57. The summed E-state index contributed by atoms with van der Waals surface area (Å²) < 4.78 is 0. The minimum absolute atomic E-state index is 0.249. The van der Waals surface area contributed by atoms with E-state index in [0.717, 1.165) is 19.4 Å². The first-order chi connectivity index (χ1) is 13.1. The zero-order valence-corrected chi connectivity index (χ0v) is 16.6. The molecule has 0 N–H and O–H groups in total. The van der Waals surface area contributed by atoms with E-state index in [0.29, 0.717) is 30.2 Å². The van der Waals surface area contributed by atoms with Gasteiger partial charge in [-0.25, -0.2) is 0 Å². The molecule has 0 amide bonds. The molecule has 2 aliphatic heterocycles. The molecule has 2 fully saturated rings. The number of benzene rings is 2. The van der Waals surface area contributed by atoms with Crippen molar-refractivity contribution in [3.63, 3.8) is 0 Å². The molecule has 2 aromatic carbocycles. The summed E-state index contributed by atoms with van der Waals surface area (Å²) in [7, 11) is 0. The van der Waals surface area contributed by atoms with Gasteiger partial charge >= 0.3 is 0 Å². The average molecular weight is 362 g/mol. The molecule has 2 aliphatic rings. The molecule has 0 aliphatic carbocycles. The molecule has 2 heterocycles. The van der Waals surface area contributed by atoms with Crippen molar-refractivity contribution in [2.24, 2.45) is 5.92 Å². The van der Waals surface area contributed by atoms with Crippen LogP contribution in [0.25, 0.3) is 0 Å². The van der Waals surface area contributed by atoms with E-state index in [-0.39, 0.29) is 5.92 Å². The van der Waals surface area contributed by atoms with E-state index in [2.05, 4.69) is 73.3 Å². The van der Waals surface area contributed by atoms with Gasteiger partial charge in [-0.3, -0.25) is 9.69 Å².